The maximum absolute atomic E-state index is 11.6. The van der Waals surface area contributed by atoms with Crippen LogP contribution in [-0.4, -0.2) is 49.5 Å². The fraction of sp³-hybridized carbons (Fsp3) is 0.533. The predicted octanol–water partition coefficient (Wildman–Crippen LogP) is 1.53. The molecule has 1 aliphatic heterocycles. The van der Waals surface area contributed by atoms with Gasteiger partial charge in [0, 0.05) is 33.1 Å². The van der Waals surface area contributed by atoms with Crippen molar-refractivity contribution < 1.29 is 9.53 Å². The van der Waals surface area contributed by atoms with E-state index in [9.17, 15) is 4.79 Å². The minimum atomic E-state index is 0.158. The van der Waals surface area contributed by atoms with Crippen LogP contribution in [0.1, 0.15) is 18.1 Å². The molecule has 2 rings (SSSR count). The number of hydrogen-bond acceptors (Lipinski definition) is 3. The smallest absolute Gasteiger partial charge is 0.219 e. The number of amides is 1. The summed E-state index contributed by atoms with van der Waals surface area (Å²) in [6.45, 7) is 5.04. The van der Waals surface area contributed by atoms with E-state index in [1.807, 2.05) is 11.0 Å². The summed E-state index contributed by atoms with van der Waals surface area (Å²) >= 11 is 0. The van der Waals surface area contributed by atoms with Crippen LogP contribution in [0.2, 0.25) is 0 Å². The van der Waals surface area contributed by atoms with Gasteiger partial charge in [0.25, 0.3) is 0 Å². The molecule has 1 heterocycles. The molecule has 1 aliphatic rings. The van der Waals surface area contributed by atoms with Crippen molar-refractivity contribution in [1.82, 2.24) is 9.80 Å². The summed E-state index contributed by atoms with van der Waals surface area (Å²) in [6.07, 6.45) is 0.909. The van der Waals surface area contributed by atoms with E-state index in [2.05, 4.69) is 24.1 Å². The van der Waals surface area contributed by atoms with Gasteiger partial charge >= 0.3 is 0 Å². The highest BCUT2D eigenvalue weighted by atomic mass is 16.5. The first-order chi connectivity index (χ1) is 9.10. The molecule has 0 N–H and O–H groups in total. The molecule has 1 amide bonds. The summed E-state index contributed by atoms with van der Waals surface area (Å²) in [6, 6.07) is 6.22. The summed E-state index contributed by atoms with van der Waals surface area (Å²) in [5, 5.41) is 0. The standard InChI is InChI=1S/C15H22N2O2/c1-12(18)17-7-6-13-4-5-15(19-3)10-14(13)11-16(2)8-9-17/h4-5,10H,6-9,11H2,1-3H3. The van der Waals surface area contributed by atoms with Crippen LogP contribution >= 0.6 is 0 Å². The summed E-state index contributed by atoms with van der Waals surface area (Å²) in [5.41, 5.74) is 2.60. The zero-order valence-corrected chi connectivity index (χ0v) is 12.0. The number of benzene rings is 1. The van der Waals surface area contributed by atoms with Gasteiger partial charge in [-0.25, -0.2) is 0 Å². The van der Waals surface area contributed by atoms with Crippen molar-refractivity contribution in [3.8, 4) is 5.75 Å². The number of rotatable bonds is 1. The van der Waals surface area contributed by atoms with Gasteiger partial charge in [-0.3, -0.25) is 4.79 Å². The number of carbonyl (C=O) groups excluding carboxylic acids is 1. The van der Waals surface area contributed by atoms with Gasteiger partial charge in [-0.05, 0) is 36.7 Å². The number of nitrogens with zero attached hydrogens (tertiary/aromatic N) is 2. The maximum Gasteiger partial charge on any atom is 0.219 e. The first kappa shape index (κ1) is 13.9. The Bertz CT molecular complexity index is 459. The summed E-state index contributed by atoms with van der Waals surface area (Å²) in [4.78, 5) is 15.8. The molecule has 0 aromatic heterocycles. The normalized spacial score (nSPS) is 17.1. The number of hydrogen-bond donors (Lipinski definition) is 0. The van der Waals surface area contributed by atoms with Crippen molar-refractivity contribution in [1.29, 1.82) is 0 Å². The molecule has 1 aromatic rings. The van der Waals surface area contributed by atoms with Gasteiger partial charge < -0.3 is 14.5 Å². The lowest BCUT2D eigenvalue weighted by Gasteiger charge is -2.22. The molecular weight excluding hydrogens is 240 g/mol. The highest BCUT2D eigenvalue weighted by molar-refractivity contribution is 5.73. The minimum Gasteiger partial charge on any atom is -0.497 e. The van der Waals surface area contributed by atoms with Gasteiger partial charge in [0.05, 0.1) is 7.11 Å². The Balaban J connectivity index is 2.25. The molecule has 0 saturated heterocycles. The van der Waals surface area contributed by atoms with Crippen molar-refractivity contribution in [2.75, 3.05) is 33.8 Å². The second-order valence-electron chi connectivity index (χ2n) is 5.13. The van der Waals surface area contributed by atoms with Crippen molar-refractivity contribution >= 4 is 5.91 Å². The van der Waals surface area contributed by atoms with Crippen molar-refractivity contribution in [3.63, 3.8) is 0 Å². The van der Waals surface area contributed by atoms with E-state index < -0.39 is 0 Å². The quantitative estimate of drug-likeness (QED) is 0.769. The number of fused-ring (bicyclic) bond motifs is 1. The Kier molecular flexibility index (Phi) is 4.43. The van der Waals surface area contributed by atoms with E-state index in [0.717, 1.165) is 38.3 Å². The van der Waals surface area contributed by atoms with Crippen molar-refractivity contribution in [2.45, 2.75) is 19.9 Å². The number of likely N-dealkylation sites (N-methyl/N-ethyl adjacent to an activating group) is 1. The molecule has 0 atom stereocenters. The lowest BCUT2D eigenvalue weighted by atomic mass is 10.0. The van der Waals surface area contributed by atoms with E-state index in [1.54, 1.807) is 14.0 Å². The molecular formula is C15H22N2O2. The first-order valence-electron chi connectivity index (χ1n) is 6.70. The van der Waals surface area contributed by atoms with E-state index in [1.165, 1.54) is 11.1 Å². The van der Waals surface area contributed by atoms with Crippen LogP contribution in [0, 0.1) is 0 Å². The van der Waals surface area contributed by atoms with E-state index in [4.69, 9.17) is 4.74 Å². The van der Waals surface area contributed by atoms with Gasteiger partial charge in [-0.15, -0.1) is 0 Å². The van der Waals surface area contributed by atoms with Crippen LogP contribution in [0.4, 0.5) is 0 Å². The van der Waals surface area contributed by atoms with Crippen LogP contribution in [0.5, 0.6) is 5.75 Å². The molecule has 4 nitrogen and oxygen atoms in total. The van der Waals surface area contributed by atoms with Crippen molar-refractivity contribution in [3.05, 3.63) is 29.3 Å². The SMILES string of the molecule is COc1ccc2c(c1)CN(C)CCN(C(C)=O)CC2. The molecule has 0 radical (unpaired) electrons. The average molecular weight is 262 g/mol. The lowest BCUT2D eigenvalue weighted by Crippen LogP contribution is -2.36. The molecule has 0 bridgehead atoms. The molecule has 4 heteroatoms. The molecule has 1 aromatic carbocycles. The molecule has 0 spiro atoms. The van der Waals surface area contributed by atoms with E-state index >= 15 is 0 Å². The van der Waals surface area contributed by atoms with Crippen molar-refractivity contribution in [2.24, 2.45) is 0 Å². The monoisotopic (exact) mass is 262 g/mol. The Morgan fingerprint density at radius 1 is 1.21 bits per heavy atom. The third-order valence-electron chi connectivity index (χ3n) is 3.70. The fourth-order valence-corrected chi connectivity index (χ4v) is 2.46. The van der Waals surface area contributed by atoms with Crippen LogP contribution < -0.4 is 4.74 Å². The Morgan fingerprint density at radius 2 is 2.00 bits per heavy atom. The van der Waals surface area contributed by atoms with Gasteiger partial charge in [0.2, 0.25) is 5.91 Å². The van der Waals surface area contributed by atoms with Gasteiger partial charge in [-0.2, -0.15) is 0 Å². The van der Waals surface area contributed by atoms with Gasteiger partial charge in [-0.1, -0.05) is 6.07 Å². The zero-order chi connectivity index (χ0) is 13.8. The van der Waals surface area contributed by atoms with E-state index in [0.29, 0.717) is 0 Å². The van der Waals surface area contributed by atoms with Crippen LogP contribution in [0.3, 0.4) is 0 Å². The van der Waals surface area contributed by atoms with Crippen LogP contribution in [0.15, 0.2) is 18.2 Å². The van der Waals surface area contributed by atoms with E-state index in [-0.39, 0.29) is 5.91 Å². The third kappa shape index (κ3) is 3.47. The molecule has 104 valence electrons. The Hall–Kier alpha value is -1.55. The second kappa shape index (κ2) is 6.06. The molecule has 0 saturated carbocycles. The lowest BCUT2D eigenvalue weighted by molar-refractivity contribution is -0.129. The molecule has 0 aliphatic carbocycles. The maximum atomic E-state index is 11.6. The Labute approximate surface area is 115 Å². The molecule has 0 unspecified atom stereocenters. The fourth-order valence-electron chi connectivity index (χ4n) is 2.46. The average Bonchev–Trinajstić information content (AvgIpc) is 2.46. The summed E-state index contributed by atoms with van der Waals surface area (Å²) < 4.78 is 5.30. The van der Waals surface area contributed by atoms with Crippen LogP contribution in [0.25, 0.3) is 0 Å². The zero-order valence-electron chi connectivity index (χ0n) is 12.0. The number of ether oxygens (including phenoxy) is 1. The predicted molar refractivity (Wildman–Crippen MR) is 75.3 cm³/mol. The highest BCUT2D eigenvalue weighted by Gasteiger charge is 2.15. The Morgan fingerprint density at radius 3 is 2.68 bits per heavy atom. The summed E-state index contributed by atoms with van der Waals surface area (Å²) in [5.74, 6) is 1.06. The van der Waals surface area contributed by atoms with Gasteiger partial charge in [0.1, 0.15) is 5.75 Å². The largest absolute Gasteiger partial charge is 0.497 e. The molecule has 0 fully saturated rings. The highest BCUT2D eigenvalue weighted by Crippen LogP contribution is 2.21. The second-order valence-corrected chi connectivity index (χ2v) is 5.13. The summed E-state index contributed by atoms with van der Waals surface area (Å²) in [7, 11) is 3.78. The number of carbonyl (C=O) groups is 1. The third-order valence-corrected chi connectivity index (χ3v) is 3.70. The number of methoxy groups -OCH3 is 1. The topological polar surface area (TPSA) is 32.8 Å². The van der Waals surface area contributed by atoms with Crippen LogP contribution in [-0.2, 0) is 17.8 Å². The first-order valence-corrected chi connectivity index (χ1v) is 6.70. The molecule has 19 heavy (non-hydrogen) atoms. The minimum absolute atomic E-state index is 0.158. The van der Waals surface area contributed by atoms with Gasteiger partial charge in [0.15, 0.2) is 0 Å².